The molecule has 156 valence electrons. The highest BCUT2D eigenvalue weighted by molar-refractivity contribution is 5.91. The van der Waals surface area contributed by atoms with Gasteiger partial charge in [0.25, 0.3) is 5.91 Å². The standard InChI is InChI=1S/C17H24N2O2.C2HF3O2/c1-3-10-19-12-5-9-17(19)8-4-11-18(13-17)16(20)15-7-6-14(2)21-15;3-2(4,5)1(6)7/h3,6-7H,1,4-5,8-13H2,2H3;(H,6,7). The number of aryl methyl sites for hydroxylation is 1. The molecule has 1 unspecified atom stereocenters. The van der Waals surface area contributed by atoms with Crippen LogP contribution in [0.4, 0.5) is 13.2 Å². The van der Waals surface area contributed by atoms with E-state index < -0.39 is 12.1 Å². The van der Waals surface area contributed by atoms with Crippen molar-refractivity contribution in [3.63, 3.8) is 0 Å². The fourth-order valence-corrected chi connectivity index (χ4v) is 3.89. The summed E-state index contributed by atoms with van der Waals surface area (Å²) >= 11 is 0. The van der Waals surface area contributed by atoms with Crippen molar-refractivity contribution >= 4 is 11.9 Å². The summed E-state index contributed by atoms with van der Waals surface area (Å²) in [7, 11) is 0. The topological polar surface area (TPSA) is 74.0 Å². The summed E-state index contributed by atoms with van der Waals surface area (Å²) < 4.78 is 37.2. The number of hydrogen-bond donors (Lipinski definition) is 1. The number of alkyl halides is 3. The number of amides is 1. The van der Waals surface area contributed by atoms with Crippen molar-refractivity contribution in [2.24, 2.45) is 0 Å². The second kappa shape index (κ2) is 8.81. The Hall–Kier alpha value is -2.29. The summed E-state index contributed by atoms with van der Waals surface area (Å²) in [6, 6.07) is 3.64. The number of furan rings is 1. The SMILES string of the molecule is C=CCN1CCCC12CCCN(C(=O)c1ccc(C)o1)C2.O=C(O)C(F)(F)F. The number of piperidine rings is 1. The number of rotatable bonds is 3. The Morgan fingerprint density at radius 1 is 1.29 bits per heavy atom. The van der Waals surface area contributed by atoms with Crippen LogP contribution in [0.5, 0.6) is 0 Å². The molecule has 2 aliphatic rings. The van der Waals surface area contributed by atoms with Crippen molar-refractivity contribution < 1.29 is 32.3 Å². The van der Waals surface area contributed by atoms with Gasteiger partial charge in [0.05, 0.1) is 0 Å². The average Bonchev–Trinajstić information content (AvgIpc) is 3.21. The first kappa shape index (κ1) is 22.0. The molecule has 1 N–H and O–H groups in total. The predicted molar refractivity (Wildman–Crippen MR) is 96.0 cm³/mol. The Morgan fingerprint density at radius 3 is 2.39 bits per heavy atom. The number of likely N-dealkylation sites (tertiary alicyclic amines) is 2. The van der Waals surface area contributed by atoms with Gasteiger partial charge in [-0.15, -0.1) is 6.58 Å². The van der Waals surface area contributed by atoms with E-state index >= 15 is 0 Å². The fraction of sp³-hybridized carbons (Fsp3) is 0.579. The maximum atomic E-state index is 12.6. The van der Waals surface area contributed by atoms with Gasteiger partial charge < -0.3 is 14.4 Å². The molecule has 1 amide bonds. The zero-order chi connectivity index (χ0) is 20.9. The van der Waals surface area contributed by atoms with E-state index in [2.05, 4.69) is 11.5 Å². The third kappa shape index (κ3) is 5.15. The lowest BCUT2D eigenvalue weighted by molar-refractivity contribution is -0.192. The van der Waals surface area contributed by atoms with Gasteiger partial charge in [-0.2, -0.15) is 13.2 Å². The summed E-state index contributed by atoms with van der Waals surface area (Å²) in [5.41, 5.74) is 0.156. The third-order valence-corrected chi connectivity index (χ3v) is 5.13. The number of carboxylic acid groups (broad SMARTS) is 1. The van der Waals surface area contributed by atoms with E-state index in [0.717, 1.165) is 38.4 Å². The first-order chi connectivity index (χ1) is 13.1. The molecule has 3 rings (SSSR count). The molecule has 1 aromatic rings. The normalized spacial score (nSPS) is 22.6. The molecule has 28 heavy (non-hydrogen) atoms. The highest BCUT2D eigenvalue weighted by atomic mass is 19.4. The monoisotopic (exact) mass is 402 g/mol. The van der Waals surface area contributed by atoms with Gasteiger partial charge >= 0.3 is 12.1 Å². The molecule has 2 aliphatic heterocycles. The van der Waals surface area contributed by atoms with Gasteiger partial charge in [0.1, 0.15) is 5.76 Å². The Labute approximate surface area is 161 Å². The molecule has 0 aromatic carbocycles. The van der Waals surface area contributed by atoms with Crippen molar-refractivity contribution in [3.8, 4) is 0 Å². The minimum absolute atomic E-state index is 0.0348. The predicted octanol–water partition coefficient (Wildman–Crippen LogP) is 3.48. The molecule has 1 atom stereocenters. The molecular weight excluding hydrogens is 377 g/mol. The van der Waals surface area contributed by atoms with Gasteiger partial charge in [0.2, 0.25) is 0 Å². The maximum Gasteiger partial charge on any atom is 0.490 e. The van der Waals surface area contributed by atoms with Crippen molar-refractivity contribution in [2.75, 3.05) is 26.2 Å². The van der Waals surface area contributed by atoms with Crippen LogP contribution in [0.15, 0.2) is 29.2 Å². The Kier molecular flexibility index (Phi) is 6.92. The second-order valence-electron chi connectivity index (χ2n) is 7.11. The highest BCUT2D eigenvalue weighted by Crippen LogP contribution is 2.37. The summed E-state index contributed by atoms with van der Waals surface area (Å²) in [6.07, 6.45) is 1.54. The van der Waals surface area contributed by atoms with E-state index in [0.29, 0.717) is 5.76 Å². The lowest BCUT2D eigenvalue weighted by Gasteiger charge is -2.45. The Bertz CT molecular complexity index is 716. The molecule has 0 aliphatic carbocycles. The number of halogens is 3. The van der Waals surface area contributed by atoms with Gasteiger partial charge in [0, 0.05) is 25.2 Å². The van der Waals surface area contributed by atoms with E-state index in [9.17, 15) is 18.0 Å². The summed E-state index contributed by atoms with van der Waals surface area (Å²) in [4.78, 5) is 26.0. The molecule has 1 aromatic heterocycles. The second-order valence-corrected chi connectivity index (χ2v) is 7.11. The number of hydrogen-bond acceptors (Lipinski definition) is 4. The molecule has 3 heterocycles. The van der Waals surface area contributed by atoms with E-state index in [1.54, 1.807) is 6.07 Å². The summed E-state index contributed by atoms with van der Waals surface area (Å²) in [5, 5.41) is 7.12. The molecule has 6 nitrogen and oxygen atoms in total. The largest absolute Gasteiger partial charge is 0.490 e. The molecular formula is C19H25F3N2O4. The first-order valence-electron chi connectivity index (χ1n) is 9.11. The summed E-state index contributed by atoms with van der Waals surface area (Å²) in [5.74, 6) is -1.46. The molecule has 2 saturated heterocycles. The lowest BCUT2D eigenvalue weighted by Crippen LogP contribution is -2.56. The Balaban J connectivity index is 0.000000345. The van der Waals surface area contributed by atoms with Crippen LogP contribution in [0, 0.1) is 6.92 Å². The van der Waals surface area contributed by atoms with Crippen molar-refractivity contribution in [2.45, 2.75) is 44.3 Å². The van der Waals surface area contributed by atoms with Crippen LogP contribution in [0.2, 0.25) is 0 Å². The zero-order valence-corrected chi connectivity index (χ0v) is 15.8. The van der Waals surface area contributed by atoms with Gasteiger partial charge in [0.15, 0.2) is 5.76 Å². The van der Waals surface area contributed by atoms with Crippen molar-refractivity contribution in [1.82, 2.24) is 9.80 Å². The quantitative estimate of drug-likeness (QED) is 0.784. The third-order valence-electron chi connectivity index (χ3n) is 5.13. The van der Waals surface area contributed by atoms with Gasteiger partial charge in [-0.25, -0.2) is 4.79 Å². The van der Waals surface area contributed by atoms with Crippen LogP contribution >= 0.6 is 0 Å². The van der Waals surface area contributed by atoms with Crippen molar-refractivity contribution in [1.29, 1.82) is 0 Å². The van der Waals surface area contributed by atoms with Crippen LogP contribution in [0.25, 0.3) is 0 Å². The first-order valence-corrected chi connectivity index (χ1v) is 9.11. The van der Waals surface area contributed by atoms with Crippen LogP contribution in [0.3, 0.4) is 0 Å². The van der Waals surface area contributed by atoms with E-state index in [-0.39, 0.29) is 11.4 Å². The van der Waals surface area contributed by atoms with Crippen LogP contribution in [0.1, 0.15) is 42.0 Å². The maximum absolute atomic E-state index is 12.6. The zero-order valence-electron chi connectivity index (χ0n) is 15.8. The van der Waals surface area contributed by atoms with E-state index in [1.807, 2.05) is 24.0 Å². The minimum Gasteiger partial charge on any atom is -0.475 e. The van der Waals surface area contributed by atoms with E-state index in [1.165, 1.54) is 19.3 Å². The van der Waals surface area contributed by atoms with Crippen LogP contribution in [-0.2, 0) is 4.79 Å². The number of aliphatic carboxylic acids is 1. The van der Waals surface area contributed by atoms with Crippen molar-refractivity contribution in [3.05, 3.63) is 36.3 Å². The molecule has 9 heteroatoms. The molecule has 0 saturated carbocycles. The van der Waals surface area contributed by atoms with Gasteiger partial charge in [-0.05, 0) is 51.3 Å². The minimum atomic E-state index is -5.08. The molecule has 2 fully saturated rings. The number of carboxylic acids is 1. The number of nitrogens with zero attached hydrogens (tertiary/aromatic N) is 2. The van der Waals surface area contributed by atoms with Gasteiger partial charge in [-0.3, -0.25) is 9.69 Å². The van der Waals surface area contributed by atoms with Crippen LogP contribution < -0.4 is 0 Å². The van der Waals surface area contributed by atoms with E-state index in [4.69, 9.17) is 14.3 Å². The number of carbonyl (C=O) groups is 2. The fourth-order valence-electron chi connectivity index (χ4n) is 3.89. The molecule has 0 radical (unpaired) electrons. The number of carbonyl (C=O) groups excluding carboxylic acids is 1. The molecule has 0 bridgehead atoms. The Morgan fingerprint density at radius 2 is 1.89 bits per heavy atom. The van der Waals surface area contributed by atoms with Crippen LogP contribution in [-0.4, -0.2) is 64.7 Å². The van der Waals surface area contributed by atoms with Gasteiger partial charge in [-0.1, -0.05) is 6.08 Å². The summed E-state index contributed by atoms with van der Waals surface area (Å²) in [6.45, 7) is 9.43. The highest BCUT2D eigenvalue weighted by Gasteiger charge is 2.44. The smallest absolute Gasteiger partial charge is 0.475 e. The average molecular weight is 402 g/mol. The lowest BCUT2D eigenvalue weighted by atomic mass is 9.86. The molecule has 1 spiro atoms.